The minimum absolute atomic E-state index is 0.123. The Kier molecular flexibility index (Phi) is 15.0. The standard InChI is InChI=1S/C36H42N6O13S/c1-19-7-13-26(14-8-19)56-36(35(49)50-6)16-27(52-21(3)44)31(38-30(48)18-51-20(2)43)33(55-36)32(54-23(5)46)28(53-22(4)45)17-37-29(47)15-24-9-11-25(12-10-24)34-39-41-42-40-34/h7-14,27-28,31-33H,15-18H2,1-6H3,(H,37,47)(H,38,48)(H,39,40,41,42)/t27-,28+,31+,32+,33+,36+/m0/s1. The highest BCUT2D eigenvalue weighted by Crippen LogP contribution is 2.46. The molecule has 1 aromatic heterocycles. The van der Waals surface area contributed by atoms with E-state index in [1.165, 1.54) is 0 Å². The molecule has 0 aliphatic carbocycles. The van der Waals surface area contributed by atoms with Gasteiger partial charge in [-0.05, 0) is 35.0 Å². The highest BCUT2D eigenvalue weighted by Gasteiger charge is 2.59. The monoisotopic (exact) mass is 798 g/mol. The van der Waals surface area contributed by atoms with Gasteiger partial charge in [-0.25, -0.2) is 9.89 Å². The Hall–Kier alpha value is -5.89. The van der Waals surface area contributed by atoms with Gasteiger partial charge in [-0.15, -0.1) is 5.10 Å². The number of amides is 2. The van der Waals surface area contributed by atoms with E-state index in [0.29, 0.717) is 21.8 Å². The van der Waals surface area contributed by atoms with Crippen molar-refractivity contribution in [2.24, 2.45) is 0 Å². The molecular weight excluding hydrogens is 756 g/mol. The molecule has 0 saturated carbocycles. The summed E-state index contributed by atoms with van der Waals surface area (Å²) in [6.45, 7) is 4.99. The predicted octanol–water partition coefficient (Wildman–Crippen LogP) is 1.13. The lowest BCUT2D eigenvalue weighted by Crippen LogP contribution is -2.68. The Balaban J connectivity index is 1.74. The van der Waals surface area contributed by atoms with Crippen molar-refractivity contribution >= 4 is 53.4 Å². The molecule has 300 valence electrons. The number of aryl methyl sites for hydroxylation is 1. The number of rotatable bonds is 16. The lowest BCUT2D eigenvalue weighted by molar-refractivity contribution is -0.221. The van der Waals surface area contributed by atoms with E-state index in [2.05, 4.69) is 31.3 Å². The Labute approximate surface area is 325 Å². The van der Waals surface area contributed by atoms with Crippen LogP contribution in [-0.2, 0) is 68.4 Å². The molecule has 0 bridgehead atoms. The maximum Gasteiger partial charge on any atom is 0.349 e. The number of methoxy groups -OCH3 is 1. The number of thioether (sulfide) groups is 1. The molecule has 1 aliphatic rings. The quantitative estimate of drug-likeness (QED) is 0.136. The van der Waals surface area contributed by atoms with Crippen LogP contribution < -0.4 is 10.6 Å². The van der Waals surface area contributed by atoms with Gasteiger partial charge in [-0.1, -0.05) is 53.7 Å². The molecule has 4 rings (SSSR count). The van der Waals surface area contributed by atoms with E-state index >= 15 is 0 Å². The van der Waals surface area contributed by atoms with Crippen molar-refractivity contribution in [3.8, 4) is 11.4 Å². The zero-order valence-corrected chi connectivity index (χ0v) is 32.2. The summed E-state index contributed by atoms with van der Waals surface area (Å²) in [6, 6.07) is 12.4. The molecular formula is C36H42N6O13S. The Bertz CT molecular complexity index is 1880. The number of benzene rings is 2. The zero-order valence-electron chi connectivity index (χ0n) is 31.4. The molecule has 0 radical (unpaired) electrons. The van der Waals surface area contributed by atoms with E-state index < -0.39 is 96.6 Å². The minimum atomic E-state index is -2.03. The van der Waals surface area contributed by atoms with Crippen molar-refractivity contribution in [1.82, 2.24) is 31.3 Å². The van der Waals surface area contributed by atoms with Crippen molar-refractivity contribution in [2.75, 3.05) is 20.3 Å². The number of carbonyl (C=O) groups excluding carboxylic acids is 7. The van der Waals surface area contributed by atoms with Crippen LogP contribution in [0.3, 0.4) is 0 Å². The fourth-order valence-corrected chi connectivity index (χ4v) is 7.04. The van der Waals surface area contributed by atoms with E-state index in [-0.39, 0.29) is 6.42 Å². The summed E-state index contributed by atoms with van der Waals surface area (Å²) in [5, 5.41) is 18.9. The van der Waals surface area contributed by atoms with E-state index in [4.69, 9.17) is 28.4 Å². The number of hydrogen-bond donors (Lipinski definition) is 3. The van der Waals surface area contributed by atoms with Crippen LogP contribution in [0.15, 0.2) is 53.4 Å². The summed E-state index contributed by atoms with van der Waals surface area (Å²) < 4.78 is 33.6. The number of carbonyl (C=O) groups is 7. The predicted molar refractivity (Wildman–Crippen MR) is 193 cm³/mol. The molecule has 0 spiro atoms. The number of aromatic amines is 1. The normalized spacial score (nSPS) is 20.0. The number of nitrogens with one attached hydrogen (secondary N) is 3. The summed E-state index contributed by atoms with van der Waals surface area (Å²) in [6.07, 6.45) is -6.77. The first-order valence-electron chi connectivity index (χ1n) is 17.1. The van der Waals surface area contributed by atoms with Gasteiger partial charge in [0.15, 0.2) is 24.6 Å². The molecule has 2 heterocycles. The topological polar surface area (TPSA) is 253 Å². The average molecular weight is 799 g/mol. The maximum absolute atomic E-state index is 13.8. The van der Waals surface area contributed by atoms with Crippen LogP contribution in [0.5, 0.6) is 0 Å². The van der Waals surface area contributed by atoms with Crippen molar-refractivity contribution in [3.05, 3.63) is 59.7 Å². The average Bonchev–Trinajstić information content (AvgIpc) is 3.68. The highest BCUT2D eigenvalue weighted by atomic mass is 32.2. The summed E-state index contributed by atoms with van der Waals surface area (Å²) in [7, 11) is 1.12. The van der Waals surface area contributed by atoms with Crippen LogP contribution in [-0.4, -0.2) is 118 Å². The molecule has 6 atom stereocenters. The molecule has 1 fully saturated rings. The first-order valence-corrected chi connectivity index (χ1v) is 18.0. The third-order valence-corrected chi connectivity index (χ3v) is 9.42. The van der Waals surface area contributed by atoms with Gasteiger partial charge in [0.25, 0.3) is 5.91 Å². The Morgan fingerprint density at radius 2 is 1.59 bits per heavy atom. The van der Waals surface area contributed by atoms with Crippen LogP contribution in [0.2, 0.25) is 0 Å². The van der Waals surface area contributed by atoms with Crippen molar-refractivity contribution < 1.29 is 62.0 Å². The van der Waals surface area contributed by atoms with Crippen LogP contribution >= 0.6 is 11.8 Å². The SMILES string of the molecule is COC(=O)[C@]1(Sc2ccc(C)cc2)C[C@H](OC(C)=O)[C@@H](NC(=O)COC(C)=O)[C@H]([C@H](OC(C)=O)[C@@H](CNC(=O)Cc2ccc(-c3nnn[nH]3)cc2)OC(C)=O)O1. The molecule has 2 aromatic carbocycles. The second kappa shape index (κ2) is 19.6. The molecule has 19 nitrogen and oxygen atoms in total. The number of ether oxygens (including phenoxy) is 6. The van der Waals surface area contributed by atoms with E-state index in [1.54, 1.807) is 48.5 Å². The molecule has 56 heavy (non-hydrogen) atoms. The fourth-order valence-electron chi connectivity index (χ4n) is 5.81. The molecule has 1 saturated heterocycles. The second-order valence-corrected chi connectivity index (χ2v) is 14.0. The zero-order chi connectivity index (χ0) is 41.0. The number of tetrazole rings is 1. The van der Waals surface area contributed by atoms with Gasteiger partial charge in [0.2, 0.25) is 10.8 Å². The maximum atomic E-state index is 13.8. The van der Waals surface area contributed by atoms with Crippen LogP contribution in [0, 0.1) is 6.92 Å². The smallest absolute Gasteiger partial charge is 0.349 e. The molecule has 2 amide bonds. The Morgan fingerprint density at radius 3 is 2.16 bits per heavy atom. The summed E-state index contributed by atoms with van der Waals surface area (Å²) in [5.41, 5.74) is 2.20. The molecule has 20 heteroatoms. The van der Waals surface area contributed by atoms with Gasteiger partial charge in [0.1, 0.15) is 12.2 Å². The molecule has 3 N–H and O–H groups in total. The lowest BCUT2D eigenvalue weighted by Gasteiger charge is -2.48. The van der Waals surface area contributed by atoms with Crippen LogP contribution in [0.25, 0.3) is 11.4 Å². The summed E-state index contributed by atoms with van der Waals surface area (Å²) >= 11 is 0.904. The fraction of sp³-hybridized carbons (Fsp3) is 0.444. The van der Waals surface area contributed by atoms with Gasteiger partial charge in [0.05, 0.1) is 26.1 Å². The van der Waals surface area contributed by atoms with Gasteiger partial charge in [-0.3, -0.25) is 28.8 Å². The molecule has 1 aliphatic heterocycles. The van der Waals surface area contributed by atoms with Gasteiger partial charge < -0.3 is 39.1 Å². The third-order valence-electron chi connectivity index (χ3n) is 8.15. The van der Waals surface area contributed by atoms with Crippen LogP contribution in [0.1, 0.15) is 45.2 Å². The first kappa shape index (κ1) is 42.8. The van der Waals surface area contributed by atoms with Gasteiger partial charge in [-0.2, -0.15) is 0 Å². The lowest BCUT2D eigenvalue weighted by atomic mass is 9.89. The second-order valence-electron chi connectivity index (χ2n) is 12.6. The largest absolute Gasteiger partial charge is 0.466 e. The number of H-pyrrole nitrogens is 1. The highest BCUT2D eigenvalue weighted by molar-refractivity contribution is 8.01. The van der Waals surface area contributed by atoms with E-state index in [1.807, 2.05) is 6.92 Å². The van der Waals surface area contributed by atoms with Gasteiger partial charge >= 0.3 is 29.8 Å². The van der Waals surface area contributed by atoms with Crippen molar-refractivity contribution in [2.45, 2.75) is 87.7 Å². The minimum Gasteiger partial charge on any atom is -0.466 e. The summed E-state index contributed by atoms with van der Waals surface area (Å²) in [5.74, 6) is -5.24. The third kappa shape index (κ3) is 12.1. The van der Waals surface area contributed by atoms with Crippen LogP contribution in [0.4, 0.5) is 0 Å². The first-order chi connectivity index (χ1) is 26.6. The van der Waals surface area contributed by atoms with Crippen molar-refractivity contribution in [1.29, 1.82) is 0 Å². The molecule has 3 aromatic rings. The number of hydrogen-bond acceptors (Lipinski definition) is 17. The van der Waals surface area contributed by atoms with Gasteiger partial charge in [0, 0.05) is 44.6 Å². The van der Waals surface area contributed by atoms with E-state index in [0.717, 1.165) is 52.1 Å². The Morgan fingerprint density at radius 1 is 0.911 bits per heavy atom. The molecule has 0 unspecified atom stereocenters. The summed E-state index contributed by atoms with van der Waals surface area (Å²) in [4.78, 5) is 88.2. The van der Waals surface area contributed by atoms with Crippen molar-refractivity contribution in [3.63, 3.8) is 0 Å². The van der Waals surface area contributed by atoms with E-state index in [9.17, 15) is 33.6 Å². The number of aromatic nitrogens is 4. The number of nitrogens with zero attached hydrogens (tertiary/aromatic N) is 3. The number of esters is 5.